The molecule has 4 aromatic rings. The lowest BCUT2D eigenvalue weighted by Gasteiger charge is -2.36. The van der Waals surface area contributed by atoms with E-state index in [1.165, 1.54) is 0 Å². The van der Waals surface area contributed by atoms with E-state index in [9.17, 15) is 4.79 Å². The molecule has 1 fully saturated rings. The van der Waals surface area contributed by atoms with Gasteiger partial charge in [-0.15, -0.1) is 0 Å². The molecule has 0 radical (unpaired) electrons. The summed E-state index contributed by atoms with van der Waals surface area (Å²) in [7, 11) is 0. The second kappa shape index (κ2) is 12.1. The Morgan fingerprint density at radius 2 is 1.90 bits per heavy atom. The summed E-state index contributed by atoms with van der Waals surface area (Å²) in [6.07, 6.45) is 8.61. The molecule has 9 nitrogen and oxygen atoms in total. The van der Waals surface area contributed by atoms with Crippen molar-refractivity contribution in [2.45, 2.75) is 26.8 Å². The summed E-state index contributed by atoms with van der Waals surface area (Å²) in [5, 5.41) is 6.30. The summed E-state index contributed by atoms with van der Waals surface area (Å²) in [6.45, 7) is 11.5. The Labute approximate surface area is 229 Å². The number of piperazine rings is 1. The fourth-order valence-electron chi connectivity index (χ4n) is 4.62. The Balaban J connectivity index is 1.20. The van der Waals surface area contributed by atoms with Crippen LogP contribution >= 0.6 is 0 Å². The van der Waals surface area contributed by atoms with Gasteiger partial charge in [-0.05, 0) is 44.5 Å². The first-order valence-corrected chi connectivity index (χ1v) is 13.3. The summed E-state index contributed by atoms with van der Waals surface area (Å²) in [5.41, 5.74) is 3.54. The number of fused-ring (bicyclic) bond motifs is 1. The van der Waals surface area contributed by atoms with Crippen molar-refractivity contribution in [2.75, 3.05) is 43.4 Å². The Morgan fingerprint density at radius 1 is 1.08 bits per heavy atom. The predicted octanol–water partition coefficient (Wildman–Crippen LogP) is 5.09. The molecule has 202 valence electrons. The summed E-state index contributed by atoms with van der Waals surface area (Å²) in [4.78, 5) is 26.2. The van der Waals surface area contributed by atoms with Crippen molar-refractivity contribution in [3.8, 4) is 11.6 Å². The average molecular weight is 526 g/mol. The fourth-order valence-corrected chi connectivity index (χ4v) is 4.62. The smallest absolute Gasteiger partial charge is 0.248 e. The molecule has 0 aliphatic carbocycles. The first-order valence-electron chi connectivity index (χ1n) is 13.3. The van der Waals surface area contributed by atoms with Crippen molar-refractivity contribution < 1.29 is 9.53 Å². The van der Waals surface area contributed by atoms with E-state index in [2.05, 4.69) is 44.2 Å². The van der Waals surface area contributed by atoms with Crippen LogP contribution < -0.4 is 15.4 Å². The highest BCUT2D eigenvalue weighted by Gasteiger charge is 2.17. The normalized spacial score (nSPS) is 14.8. The van der Waals surface area contributed by atoms with Crippen molar-refractivity contribution >= 4 is 28.6 Å². The van der Waals surface area contributed by atoms with Gasteiger partial charge in [0.05, 0.1) is 12.4 Å². The molecular formula is C30H35N7O2. The first kappa shape index (κ1) is 26.4. The Hall–Kier alpha value is -4.21. The van der Waals surface area contributed by atoms with Gasteiger partial charge in [0.2, 0.25) is 11.8 Å². The molecule has 2 aromatic carbocycles. The second-order valence-corrected chi connectivity index (χ2v) is 9.99. The summed E-state index contributed by atoms with van der Waals surface area (Å²) in [5.74, 6) is 1.61. The number of benzene rings is 2. The standard InChI is InChI=1S/C30H35N7O2/c1-22(2)36-16-14-35(15-17-36)13-7-12-28(38)33-24-9-6-10-25(18-24)39-29-20-32-30(27-19-31-21-37(27)29)34-26-11-5-4-8-23(26)3/h4-12,18-22H,13-17H2,1-3H3,(H,32,34)(H,33,38)/b12-7+. The van der Waals surface area contributed by atoms with E-state index in [0.717, 1.165) is 49.5 Å². The number of hydrogen-bond acceptors (Lipinski definition) is 7. The molecule has 0 saturated carbocycles. The van der Waals surface area contributed by atoms with E-state index in [-0.39, 0.29) is 5.91 Å². The quantitative estimate of drug-likeness (QED) is 0.294. The van der Waals surface area contributed by atoms with Gasteiger partial charge in [-0.25, -0.2) is 9.97 Å². The van der Waals surface area contributed by atoms with Crippen LogP contribution in [-0.4, -0.2) is 68.8 Å². The largest absolute Gasteiger partial charge is 0.439 e. The van der Waals surface area contributed by atoms with Gasteiger partial charge in [-0.2, -0.15) is 0 Å². The summed E-state index contributed by atoms with van der Waals surface area (Å²) in [6, 6.07) is 15.9. The van der Waals surface area contributed by atoms with Crippen LogP contribution in [0.1, 0.15) is 19.4 Å². The molecular weight excluding hydrogens is 490 g/mol. The number of aryl methyl sites for hydroxylation is 1. The van der Waals surface area contributed by atoms with Crippen LogP contribution in [0.4, 0.5) is 17.2 Å². The number of carbonyl (C=O) groups is 1. The lowest BCUT2D eigenvalue weighted by molar-refractivity contribution is -0.111. The maximum Gasteiger partial charge on any atom is 0.248 e. The Morgan fingerprint density at radius 3 is 2.69 bits per heavy atom. The minimum Gasteiger partial charge on any atom is -0.439 e. The molecule has 0 spiro atoms. The number of nitrogens with one attached hydrogen (secondary N) is 2. The molecule has 2 aromatic heterocycles. The Bertz CT molecular complexity index is 1450. The molecule has 0 unspecified atom stereocenters. The number of para-hydroxylation sites is 1. The topological polar surface area (TPSA) is 87.0 Å². The van der Waals surface area contributed by atoms with Crippen LogP contribution in [0.2, 0.25) is 0 Å². The third kappa shape index (κ3) is 6.63. The van der Waals surface area contributed by atoms with Crippen LogP contribution in [-0.2, 0) is 4.79 Å². The Kier molecular flexibility index (Phi) is 8.19. The minimum atomic E-state index is -0.168. The molecule has 0 atom stereocenters. The number of hydrogen-bond donors (Lipinski definition) is 2. The van der Waals surface area contributed by atoms with Crippen molar-refractivity contribution in [1.82, 2.24) is 24.2 Å². The predicted molar refractivity (Wildman–Crippen MR) is 155 cm³/mol. The van der Waals surface area contributed by atoms with Gasteiger partial charge in [0.1, 0.15) is 17.6 Å². The molecule has 3 heterocycles. The zero-order valence-corrected chi connectivity index (χ0v) is 22.7. The SMILES string of the molecule is Cc1ccccc1Nc1ncc(Oc2cccc(NC(=O)/C=C/CN3CCN(C(C)C)CC3)c2)n2cncc12. The molecule has 2 N–H and O–H groups in total. The fraction of sp³-hybridized carbons (Fsp3) is 0.300. The van der Waals surface area contributed by atoms with E-state index in [0.29, 0.717) is 29.2 Å². The van der Waals surface area contributed by atoms with E-state index in [4.69, 9.17) is 4.74 Å². The summed E-state index contributed by atoms with van der Waals surface area (Å²) < 4.78 is 7.98. The number of rotatable bonds is 9. The molecule has 1 aliphatic rings. The lowest BCUT2D eigenvalue weighted by Crippen LogP contribution is -2.48. The van der Waals surface area contributed by atoms with Gasteiger partial charge in [-0.1, -0.05) is 30.3 Å². The number of imidazole rings is 1. The molecule has 0 bridgehead atoms. The van der Waals surface area contributed by atoms with Gasteiger partial charge in [0.15, 0.2) is 5.82 Å². The van der Waals surface area contributed by atoms with Crippen LogP contribution in [0.25, 0.3) is 5.52 Å². The van der Waals surface area contributed by atoms with Gasteiger partial charge < -0.3 is 15.4 Å². The van der Waals surface area contributed by atoms with E-state index < -0.39 is 0 Å². The van der Waals surface area contributed by atoms with Gasteiger partial charge in [0.25, 0.3) is 0 Å². The zero-order chi connectivity index (χ0) is 27.2. The number of aromatic nitrogens is 3. The van der Waals surface area contributed by atoms with E-state index >= 15 is 0 Å². The molecule has 5 rings (SSSR count). The van der Waals surface area contributed by atoms with Crippen molar-refractivity contribution in [3.05, 3.63) is 85.0 Å². The highest BCUT2D eigenvalue weighted by atomic mass is 16.5. The molecule has 1 amide bonds. The number of ether oxygens (including phenoxy) is 1. The number of nitrogens with zero attached hydrogens (tertiary/aromatic N) is 5. The molecule has 1 aliphatic heterocycles. The monoisotopic (exact) mass is 525 g/mol. The van der Waals surface area contributed by atoms with Crippen LogP contribution in [0.3, 0.4) is 0 Å². The van der Waals surface area contributed by atoms with Crippen LogP contribution in [0, 0.1) is 6.92 Å². The maximum atomic E-state index is 12.5. The van der Waals surface area contributed by atoms with Crippen molar-refractivity contribution in [2.24, 2.45) is 0 Å². The molecule has 1 saturated heterocycles. The van der Waals surface area contributed by atoms with E-state index in [1.807, 2.05) is 59.9 Å². The third-order valence-corrected chi connectivity index (χ3v) is 6.91. The second-order valence-electron chi connectivity index (χ2n) is 9.99. The minimum absolute atomic E-state index is 0.168. The van der Waals surface area contributed by atoms with Gasteiger partial charge >= 0.3 is 0 Å². The number of carbonyl (C=O) groups excluding carboxylic acids is 1. The van der Waals surface area contributed by atoms with E-state index in [1.54, 1.807) is 30.9 Å². The number of anilines is 3. The summed E-state index contributed by atoms with van der Waals surface area (Å²) >= 11 is 0. The van der Waals surface area contributed by atoms with Crippen molar-refractivity contribution in [3.63, 3.8) is 0 Å². The molecule has 9 heteroatoms. The highest BCUT2D eigenvalue weighted by molar-refractivity contribution is 5.99. The first-order chi connectivity index (χ1) is 19.0. The number of amides is 1. The van der Waals surface area contributed by atoms with Gasteiger partial charge in [-0.3, -0.25) is 19.0 Å². The maximum absolute atomic E-state index is 12.5. The van der Waals surface area contributed by atoms with Gasteiger partial charge in [0, 0.05) is 62.3 Å². The lowest BCUT2D eigenvalue weighted by atomic mass is 10.2. The average Bonchev–Trinajstić information content (AvgIpc) is 3.43. The molecule has 39 heavy (non-hydrogen) atoms. The van der Waals surface area contributed by atoms with Crippen molar-refractivity contribution in [1.29, 1.82) is 0 Å². The third-order valence-electron chi connectivity index (χ3n) is 6.91. The van der Waals surface area contributed by atoms with Crippen LogP contribution in [0.5, 0.6) is 11.6 Å². The zero-order valence-electron chi connectivity index (χ0n) is 22.7. The highest BCUT2D eigenvalue weighted by Crippen LogP contribution is 2.28. The van der Waals surface area contributed by atoms with Crippen LogP contribution in [0.15, 0.2) is 79.4 Å².